The normalized spacial score (nSPS) is 25.4. The van der Waals surface area contributed by atoms with Gasteiger partial charge in [0.05, 0.1) is 14.4 Å². The Kier molecular flexibility index (Phi) is 3.83. The topological polar surface area (TPSA) is 80.5 Å². The standard InChI is InChI=1S/C16H13IN2O4/c1-18-15(21)14(17)13(16(18)8-6-10(20)7-9-16)11-4-2-3-5-12(11)19(22)23/h2-9,13-14H,1H3. The predicted octanol–water partition coefficient (Wildman–Crippen LogP) is 2.39. The van der Waals surface area contributed by atoms with Crippen molar-refractivity contribution in [2.75, 3.05) is 7.05 Å². The molecule has 3 rings (SSSR count). The van der Waals surface area contributed by atoms with E-state index in [0.29, 0.717) is 5.56 Å². The Bertz CT molecular complexity index is 755. The molecular formula is C16H13IN2O4. The lowest BCUT2D eigenvalue weighted by Gasteiger charge is -2.36. The highest BCUT2D eigenvalue weighted by atomic mass is 127. The number of para-hydroxylation sites is 1. The summed E-state index contributed by atoms with van der Waals surface area (Å²) in [5.74, 6) is -0.713. The number of carbonyl (C=O) groups excluding carboxylic acids is 2. The Morgan fingerprint density at radius 1 is 1.22 bits per heavy atom. The van der Waals surface area contributed by atoms with Crippen LogP contribution in [0.15, 0.2) is 48.6 Å². The van der Waals surface area contributed by atoms with Crippen LogP contribution in [0, 0.1) is 10.1 Å². The SMILES string of the molecule is CN1C(=O)C(I)C(c2ccccc2[N+](=O)[O-])C12C=CC(=O)C=C2. The monoisotopic (exact) mass is 424 g/mol. The largest absolute Gasteiger partial charge is 0.331 e. The first-order valence-electron chi connectivity index (χ1n) is 6.96. The molecule has 1 fully saturated rings. The van der Waals surface area contributed by atoms with E-state index in [-0.39, 0.29) is 17.4 Å². The smallest absolute Gasteiger partial charge is 0.273 e. The molecule has 0 bridgehead atoms. The minimum absolute atomic E-state index is 0.0136. The number of nitro groups is 1. The van der Waals surface area contributed by atoms with Crippen molar-refractivity contribution in [2.45, 2.75) is 15.4 Å². The molecular weight excluding hydrogens is 411 g/mol. The van der Waals surface area contributed by atoms with Gasteiger partial charge < -0.3 is 4.90 Å². The first kappa shape index (κ1) is 15.9. The first-order chi connectivity index (χ1) is 10.9. The molecule has 0 N–H and O–H groups in total. The number of halogens is 1. The molecule has 1 amide bonds. The second-order valence-corrected chi connectivity index (χ2v) is 6.89. The summed E-state index contributed by atoms with van der Waals surface area (Å²) in [5.41, 5.74) is -0.373. The van der Waals surface area contributed by atoms with Crippen molar-refractivity contribution in [3.63, 3.8) is 0 Å². The third kappa shape index (κ3) is 2.30. The number of carbonyl (C=O) groups is 2. The van der Waals surface area contributed by atoms with E-state index in [9.17, 15) is 19.7 Å². The van der Waals surface area contributed by atoms with Gasteiger partial charge in [-0.1, -0.05) is 52.9 Å². The van der Waals surface area contributed by atoms with Crippen molar-refractivity contribution in [1.29, 1.82) is 0 Å². The third-order valence-corrected chi connectivity index (χ3v) is 5.69. The lowest BCUT2D eigenvalue weighted by atomic mass is 9.77. The number of nitro benzene ring substituents is 1. The Hall–Kier alpha value is -2.03. The fraction of sp³-hybridized carbons (Fsp3) is 0.250. The number of likely N-dealkylation sites (tertiary alicyclic amines) is 1. The van der Waals surface area contributed by atoms with Crippen LogP contribution in [0.25, 0.3) is 0 Å². The van der Waals surface area contributed by atoms with Crippen molar-refractivity contribution in [1.82, 2.24) is 4.90 Å². The molecule has 1 aromatic carbocycles. The fourth-order valence-corrected chi connectivity index (χ4v) is 4.64. The molecule has 0 radical (unpaired) electrons. The van der Waals surface area contributed by atoms with Gasteiger partial charge in [-0.25, -0.2) is 0 Å². The molecule has 1 saturated heterocycles. The zero-order valence-electron chi connectivity index (χ0n) is 12.2. The molecule has 0 saturated carbocycles. The van der Waals surface area contributed by atoms with Crippen LogP contribution in [0.5, 0.6) is 0 Å². The number of alkyl halides is 1. The molecule has 6 nitrogen and oxygen atoms in total. The summed E-state index contributed by atoms with van der Waals surface area (Å²) in [6, 6.07) is 6.45. The summed E-state index contributed by atoms with van der Waals surface area (Å²) in [6.07, 6.45) is 6.18. The van der Waals surface area contributed by atoms with Crippen LogP contribution in [0.1, 0.15) is 11.5 Å². The van der Waals surface area contributed by atoms with E-state index in [1.807, 2.05) is 22.6 Å². The highest BCUT2D eigenvalue weighted by Gasteiger charge is 2.56. The molecule has 118 valence electrons. The molecule has 1 spiro atoms. The van der Waals surface area contributed by atoms with Crippen LogP contribution in [-0.2, 0) is 9.59 Å². The van der Waals surface area contributed by atoms with Crippen molar-refractivity contribution in [3.8, 4) is 0 Å². The molecule has 1 aliphatic heterocycles. The van der Waals surface area contributed by atoms with E-state index in [2.05, 4.69) is 0 Å². The van der Waals surface area contributed by atoms with Gasteiger partial charge in [0.2, 0.25) is 5.91 Å². The van der Waals surface area contributed by atoms with E-state index in [1.54, 1.807) is 42.3 Å². The lowest BCUT2D eigenvalue weighted by Crippen LogP contribution is -2.44. The number of nitrogens with zero attached hydrogens (tertiary/aromatic N) is 2. The number of rotatable bonds is 2. The van der Waals surface area contributed by atoms with Gasteiger partial charge in [-0.15, -0.1) is 0 Å². The van der Waals surface area contributed by atoms with Gasteiger partial charge in [0.1, 0.15) is 0 Å². The van der Waals surface area contributed by atoms with Crippen molar-refractivity contribution < 1.29 is 14.5 Å². The predicted molar refractivity (Wildman–Crippen MR) is 92.4 cm³/mol. The number of allylic oxidation sites excluding steroid dienone is 2. The second kappa shape index (κ2) is 5.55. The van der Waals surface area contributed by atoms with Gasteiger partial charge in [0.25, 0.3) is 5.69 Å². The summed E-state index contributed by atoms with van der Waals surface area (Å²) in [7, 11) is 1.66. The van der Waals surface area contributed by atoms with Crippen LogP contribution >= 0.6 is 22.6 Å². The molecule has 23 heavy (non-hydrogen) atoms. The highest BCUT2D eigenvalue weighted by molar-refractivity contribution is 14.1. The minimum atomic E-state index is -0.858. The van der Waals surface area contributed by atoms with Crippen molar-refractivity contribution in [3.05, 3.63) is 64.2 Å². The van der Waals surface area contributed by atoms with Crippen LogP contribution in [0.2, 0.25) is 0 Å². The van der Waals surface area contributed by atoms with E-state index >= 15 is 0 Å². The average Bonchev–Trinajstić information content (AvgIpc) is 2.72. The zero-order chi connectivity index (χ0) is 16.8. The van der Waals surface area contributed by atoms with Crippen molar-refractivity contribution >= 4 is 40.0 Å². The number of benzene rings is 1. The molecule has 2 unspecified atom stereocenters. The van der Waals surface area contributed by atoms with Gasteiger partial charge in [0, 0.05) is 24.6 Å². The maximum Gasteiger partial charge on any atom is 0.273 e. The Balaban J connectivity index is 2.22. The van der Waals surface area contributed by atoms with Gasteiger partial charge >= 0.3 is 0 Å². The number of likely N-dealkylation sites (N-methyl/N-ethyl adjacent to an activating group) is 1. The second-order valence-electron chi connectivity index (χ2n) is 5.55. The quantitative estimate of drug-likeness (QED) is 0.316. The van der Waals surface area contributed by atoms with Crippen LogP contribution in [0.4, 0.5) is 5.69 Å². The van der Waals surface area contributed by atoms with Gasteiger partial charge in [0.15, 0.2) is 5.78 Å². The van der Waals surface area contributed by atoms with Crippen LogP contribution in [0.3, 0.4) is 0 Å². The molecule has 2 atom stereocenters. The average molecular weight is 424 g/mol. The number of hydrogen-bond donors (Lipinski definition) is 0. The third-order valence-electron chi connectivity index (χ3n) is 4.44. The van der Waals surface area contributed by atoms with Gasteiger partial charge in [-0.2, -0.15) is 0 Å². The van der Waals surface area contributed by atoms with E-state index in [1.165, 1.54) is 18.2 Å². The maximum absolute atomic E-state index is 12.5. The van der Waals surface area contributed by atoms with E-state index in [0.717, 1.165) is 0 Å². The van der Waals surface area contributed by atoms with Gasteiger partial charge in [-0.3, -0.25) is 19.7 Å². The van der Waals surface area contributed by atoms with E-state index < -0.39 is 20.3 Å². The Labute approximate surface area is 146 Å². The Morgan fingerprint density at radius 3 is 2.43 bits per heavy atom. The van der Waals surface area contributed by atoms with E-state index in [4.69, 9.17) is 0 Å². The zero-order valence-corrected chi connectivity index (χ0v) is 14.3. The molecule has 0 aromatic heterocycles. The van der Waals surface area contributed by atoms with Crippen molar-refractivity contribution in [2.24, 2.45) is 0 Å². The number of amides is 1. The molecule has 1 heterocycles. The highest BCUT2D eigenvalue weighted by Crippen LogP contribution is 2.50. The molecule has 7 heteroatoms. The number of hydrogen-bond acceptors (Lipinski definition) is 4. The van der Waals surface area contributed by atoms with Crippen LogP contribution in [-0.4, -0.2) is 38.0 Å². The summed E-state index contributed by atoms with van der Waals surface area (Å²) in [5, 5.41) is 11.4. The fourth-order valence-electron chi connectivity index (χ4n) is 3.26. The summed E-state index contributed by atoms with van der Waals surface area (Å²) >= 11 is 2.03. The maximum atomic E-state index is 12.5. The van der Waals surface area contributed by atoms with Crippen LogP contribution < -0.4 is 0 Å². The molecule has 1 aromatic rings. The lowest BCUT2D eigenvalue weighted by molar-refractivity contribution is -0.385. The summed E-state index contributed by atoms with van der Waals surface area (Å²) in [4.78, 5) is 36.5. The minimum Gasteiger partial charge on any atom is -0.331 e. The summed E-state index contributed by atoms with van der Waals surface area (Å²) in [6.45, 7) is 0. The first-order valence-corrected chi connectivity index (χ1v) is 8.20. The number of ketones is 1. The van der Waals surface area contributed by atoms with Gasteiger partial charge in [-0.05, 0) is 12.2 Å². The molecule has 1 aliphatic carbocycles. The summed E-state index contributed by atoms with van der Waals surface area (Å²) < 4.78 is -0.457. The molecule has 2 aliphatic rings. The Morgan fingerprint density at radius 2 is 1.83 bits per heavy atom.